The van der Waals surface area contributed by atoms with Gasteiger partial charge in [-0.05, 0) is 12.8 Å². The third-order valence-corrected chi connectivity index (χ3v) is 2.84. The Hall–Kier alpha value is -1.72. The van der Waals surface area contributed by atoms with Crippen LogP contribution in [0.1, 0.15) is 19.3 Å². The second-order valence-corrected chi connectivity index (χ2v) is 4.29. The minimum atomic E-state index is -1.49. The second-order valence-electron chi connectivity index (χ2n) is 4.29. The summed E-state index contributed by atoms with van der Waals surface area (Å²) >= 11 is 0. The molecule has 98 valence electrons. The van der Waals surface area contributed by atoms with Crippen molar-refractivity contribution in [2.75, 3.05) is 11.9 Å². The normalized spacial score (nSPS) is 20.2. The fourth-order valence-corrected chi connectivity index (χ4v) is 1.97. The van der Waals surface area contributed by atoms with Gasteiger partial charge in [-0.2, -0.15) is 0 Å². The lowest BCUT2D eigenvalue weighted by Crippen LogP contribution is -2.26. The van der Waals surface area contributed by atoms with Crippen molar-refractivity contribution in [1.82, 2.24) is 5.32 Å². The maximum Gasteiger partial charge on any atom is 0.222 e. The number of rotatable bonds is 2. The molecule has 0 saturated carbocycles. The zero-order valence-electron chi connectivity index (χ0n) is 9.60. The van der Waals surface area contributed by atoms with E-state index in [0.29, 0.717) is 13.0 Å². The molecular weight excluding hydrogens is 245 g/mol. The summed E-state index contributed by atoms with van der Waals surface area (Å²) in [5.74, 6) is -4.07. The Labute approximate surface area is 102 Å². The number of hydrogen-bond acceptors (Lipinski definition) is 2. The molecule has 0 spiro atoms. The monoisotopic (exact) mass is 258 g/mol. The van der Waals surface area contributed by atoms with Crippen LogP contribution in [-0.4, -0.2) is 18.5 Å². The summed E-state index contributed by atoms with van der Waals surface area (Å²) in [5, 5.41) is 5.56. The first-order valence-electron chi connectivity index (χ1n) is 5.74. The van der Waals surface area contributed by atoms with Gasteiger partial charge < -0.3 is 10.6 Å². The predicted molar refractivity (Wildman–Crippen MR) is 60.6 cm³/mol. The Balaban J connectivity index is 2.11. The average molecular weight is 258 g/mol. The molecule has 1 aliphatic heterocycles. The van der Waals surface area contributed by atoms with Crippen LogP contribution in [0.2, 0.25) is 0 Å². The van der Waals surface area contributed by atoms with Crippen LogP contribution in [0.15, 0.2) is 12.1 Å². The molecule has 1 heterocycles. The van der Waals surface area contributed by atoms with E-state index in [2.05, 4.69) is 10.6 Å². The molecule has 1 atom stereocenters. The molecule has 2 rings (SSSR count). The van der Waals surface area contributed by atoms with Gasteiger partial charge in [-0.15, -0.1) is 0 Å². The van der Waals surface area contributed by atoms with Crippen molar-refractivity contribution in [3.63, 3.8) is 0 Å². The van der Waals surface area contributed by atoms with Gasteiger partial charge in [0.1, 0.15) is 0 Å². The molecule has 1 aliphatic rings. The largest absolute Gasteiger partial charge is 0.382 e. The van der Waals surface area contributed by atoms with E-state index in [1.165, 1.54) is 0 Å². The van der Waals surface area contributed by atoms with Crippen molar-refractivity contribution < 1.29 is 18.0 Å². The van der Waals surface area contributed by atoms with Crippen molar-refractivity contribution >= 4 is 11.6 Å². The van der Waals surface area contributed by atoms with Crippen LogP contribution in [0, 0.1) is 17.5 Å². The van der Waals surface area contributed by atoms with E-state index in [-0.39, 0.29) is 24.1 Å². The van der Waals surface area contributed by atoms with E-state index in [1.54, 1.807) is 0 Å². The van der Waals surface area contributed by atoms with E-state index < -0.39 is 17.5 Å². The van der Waals surface area contributed by atoms with Crippen molar-refractivity contribution in [1.29, 1.82) is 0 Å². The first-order valence-corrected chi connectivity index (χ1v) is 5.74. The third-order valence-electron chi connectivity index (χ3n) is 2.84. The smallest absolute Gasteiger partial charge is 0.222 e. The van der Waals surface area contributed by atoms with Crippen LogP contribution in [-0.2, 0) is 4.79 Å². The van der Waals surface area contributed by atoms with Crippen molar-refractivity contribution in [3.8, 4) is 0 Å². The zero-order valence-corrected chi connectivity index (χ0v) is 9.60. The number of hydrogen-bond donors (Lipinski definition) is 2. The predicted octanol–water partition coefficient (Wildman–Crippen LogP) is 2.18. The Bertz CT molecular complexity index is 442. The summed E-state index contributed by atoms with van der Waals surface area (Å²) in [5.41, 5.74) is 0.145. The number of anilines is 1. The summed E-state index contributed by atoms with van der Waals surface area (Å²) in [6.45, 7) is 0.600. The highest BCUT2D eigenvalue weighted by atomic mass is 19.2. The molecule has 1 unspecified atom stereocenters. The molecule has 1 aromatic rings. The van der Waals surface area contributed by atoms with Crippen LogP contribution >= 0.6 is 0 Å². The fourth-order valence-electron chi connectivity index (χ4n) is 1.97. The summed E-state index contributed by atoms with van der Waals surface area (Å²) in [6, 6.07) is 1.58. The van der Waals surface area contributed by atoms with Gasteiger partial charge in [0, 0.05) is 36.8 Å². The molecule has 0 aliphatic carbocycles. The van der Waals surface area contributed by atoms with E-state index in [0.717, 1.165) is 18.6 Å². The van der Waals surface area contributed by atoms with Crippen LogP contribution < -0.4 is 10.6 Å². The van der Waals surface area contributed by atoms with E-state index in [4.69, 9.17) is 0 Å². The first kappa shape index (κ1) is 12.7. The summed E-state index contributed by atoms with van der Waals surface area (Å²) in [4.78, 5) is 11.3. The van der Waals surface area contributed by atoms with Gasteiger partial charge >= 0.3 is 0 Å². The van der Waals surface area contributed by atoms with Gasteiger partial charge in [-0.25, -0.2) is 13.2 Å². The molecule has 1 aromatic carbocycles. The summed E-state index contributed by atoms with van der Waals surface area (Å²) < 4.78 is 38.8. The van der Waals surface area contributed by atoms with Gasteiger partial charge in [0.2, 0.25) is 5.91 Å². The lowest BCUT2D eigenvalue weighted by molar-refractivity contribution is -0.120. The molecule has 18 heavy (non-hydrogen) atoms. The van der Waals surface area contributed by atoms with Crippen LogP contribution in [0.4, 0.5) is 18.9 Å². The second kappa shape index (κ2) is 5.29. The number of benzene rings is 1. The average Bonchev–Trinajstić information content (AvgIpc) is 2.50. The Morgan fingerprint density at radius 3 is 2.56 bits per heavy atom. The third kappa shape index (κ3) is 2.94. The molecule has 0 bridgehead atoms. The van der Waals surface area contributed by atoms with Crippen molar-refractivity contribution in [3.05, 3.63) is 29.6 Å². The van der Waals surface area contributed by atoms with E-state index in [1.807, 2.05) is 0 Å². The number of halogens is 3. The zero-order chi connectivity index (χ0) is 13.1. The maximum absolute atomic E-state index is 13.0. The Kier molecular flexibility index (Phi) is 3.74. The molecule has 1 fully saturated rings. The molecule has 1 saturated heterocycles. The van der Waals surface area contributed by atoms with Gasteiger partial charge in [-0.1, -0.05) is 0 Å². The highest BCUT2D eigenvalue weighted by molar-refractivity contribution is 5.77. The van der Waals surface area contributed by atoms with Crippen LogP contribution in [0.5, 0.6) is 0 Å². The Morgan fingerprint density at radius 2 is 1.89 bits per heavy atom. The lowest BCUT2D eigenvalue weighted by atomic mass is 10.1. The summed E-state index contributed by atoms with van der Waals surface area (Å²) in [6.07, 6.45) is 1.73. The SMILES string of the molecule is O=C1CC(Nc2cc(F)c(F)c(F)c2)CCCN1. The highest BCUT2D eigenvalue weighted by Gasteiger charge is 2.18. The van der Waals surface area contributed by atoms with Crippen LogP contribution in [0.25, 0.3) is 0 Å². The molecule has 0 aromatic heterocycles. The van der Waals surface area contributed by atoms with Gasteiger partial charge in [-0.3, -0.25) is 4.79 Å². The van der Waals surface area contributed by atoms with Crippen molar-refractivity contribution in [2.45, 2.75) is 25.3 Å². The van der Waals surface area contributed by atoms with Crippen LogP contribution in [0.3, 0.4) is 0 Å². The molecule has 2 N–H and O–H groups in total. The maximum atomic E-state index is 13.0. The molecule has 0 radical (unpaired) electrons. The minimum Gasteiger partial charge on any atom is -0.382 e. The Morgan fingerprint density at radius 1 is 1.22 bits per heavy atom. The quantitative estimate of drug-likeness (QED) is 0.798. The number of amides is 1. The molecule has 6 heteroatoms. The highest BCUT2D eigenvalue weighted by Crippen LogP contribution is 2.20. The van der Waals surface area contributed by atoms with E-state index in [9.17, 15) is 18.0 Å². The molecular formula is C12H13F3N2O. The standard InChI is InChI=1S/C12H13F3N2O/c13-9-4-8(5-10(14)12(9)15)17-7-2-1-3-16-11(18)6-7/h4-5,7,17H,1-3,6H2,(H,16,18). The lowest BCUT2D eigenvalue weighted by Gasteiger charge is -2.16. The van der Waals surface area contributed by atoms with Gasteiger partial charge in [0.15, 0.2) is 17.5 Å². The molecule has 1 amide bonds. The number of nitrogens with one attached hydrogen (secondary N) is 2. The summed E-state index contributed by atoms with van der Waals surface area (Å²) in [7, 11) is 0. The van der Waals surface area contributed by atoms with Gasteiger partial charge in [0.25, 0.3) is 0 Å². The van der Waals surface area contributed by atoms with Crippen molar-refractivity contribution in [2.24, 2.45) is 0 Å². The first-order chi connectivity index (χ1) is 8.56. The number of carbonyl (C=O) groups excluding carboxylic acids is 1. The molecule has 3 nitrogen and oxygen atoms in total. The fraction of sp³-hybridized carbons (Fsp3) is 0.417. The van der Waals surface area contributed by atoms with E-state index >= 15 is 0 Å². The van der Waals surface area contributed by atoms with Gasteiger partial charge in [0.05, 0.1) is 0 Å². The topological polar surface area (TPSA) is 41.1 Å². The number of carbonyl (C=O) groups is 1. The minimum absolute atomic E-state index is 0.104.